The van der Waals surface area contributed by atoms with Gasteiger partial charge in [-0.05, 0) is 19.4 Å². The van der Waals surface area contributed by atoms with Crippen LogP contribution in [-0.2, 0) is 16.0 Å². The number of amides is 2. The van der Waals surface area contributed by atoms with E-state index in [0.29, 0.717) is 6.54 Å². The summed E-state index contributed by atoms with van der Waals surface area (Å²) in [6.45, 7) is 4.49. The number of rotatable bonds is 7. The number of hydrogen-bond acceptors (Lipinski definition) is 6. The lowest BCUT2D eigenvalue weighted by Crippen LogP contribution is -2.37. The van der Waals surface area contributed by atoms with E-state index in [0.717, 1.165) is 21.7 Å². The average molecular weight is 338 g/mol. The van der Waals surface area contributed by atoms with Gasteiger partial charge in [-0.2, -0.15) is 0 Å². The summed E-state index contributed by atoms with van der Waals surface area (Å²) in [5.74, 6) is -0.146. The lowest BCUT2D eigenvalue weighted by Gasteiger charge is -2.05. The van der Waals surface area contributed by atoms with E-state index in [9.17, 15) is 9.59 Å². The molecule has 0 aromatic carbocycles. The maximum absolute atomic E-state index is 11.8. The summed E-state index contributed by atoms with van der Waals surface area (Å²) in [6, 6.07) is 2.08. The molecule has 6 nitrogen and oxygen atoms in total. The third-order valence-corrected chi connectivity index (χ3v) is 5.05. The van der Waals surface area contributed by atoms with Gasteiger partial charge >= 0.3 is 0 Å². The molecule has 0 spiro atoms. The van der Waals surface area contributed by atoms with Crippen LogP contribution < -0.4 is 10.6 Å². The highest BCUT2D eigenvalue weighted by Crippen LogP contribution is 2.30. The molecule has 118 valence electrons. The maximum Gasteiger partial charge on any atom is 0.239 e. The van der Waals surface area contributed by atoms with Crippen LogP contribution in [0.5, 0.6) is 0 Å². The molecule has 2 rings (SSSR count). The van der Waals surface area contributed by atoms with Crippen LogP contribution in [0.2, 0.25) is 0 Å². The Balaban J connectivity index is 1.92. The molecule has 0 atom stereocenters. The highest BCUT2D eigenvalue weighted by molar-refractivity contribution is 8.00. The zero-order chi connectivity index (χ0) is 15.9. The van der Waals surface area contributed by atoms with Gasteiger partial charge in [0.05, 0.1) is 12.3 Å². The third kappa shape index (κ3) is 4.41. The summed E-state index contributed by atoms with van der Waals surface area (Å²) in [7, 11) is 0. The first-order valence-corrected chi connectivity index (χ1v) is 8.83. The van der Waals surface area contributed by atoms with E-state index in [1.165, 1.54) is 23.0 Å². The summed E-state index contributed by atoms with van der Waals surface area (Å²) < 4.78 is 0. The quantitative estimate of drug-likeness (QED) is 0.592. The van der Waals surface area contributed by atoms with Crippen LogP contribution in [0.4, 0.5) is 0 Å². The molecule has 0 aliphatic carbocycles. The van der Waals surface area contributed by atoms with Crippen molar-refractivity contribution in [2.75, 3.05) is 18.8 Å². The van der Waals surface area contributed by atoms with Gasteiger partial charge in [0.25, 0.3) is 0 Å². The molecular formula is C14H18N4O2S2. The smallest absolute Gasteiger partial charge is 0.239 e. The summed E-state index contributed by atoms with van der Waals surface area (Å²) in [5.41, 5.74) is 0. The molecule has 0 saturated carbocycles. The lowest BCUT2D eigenvalue weighted by atomic mass is 10.3. The SMILES string of the molecule is CCNC(=O)CNC(=O)CSc1ncnc2sc(CC)cc12. The van der Waals surface area contributed by atoms with E-state index in [4.69, 9.17) is 0 Å². The molecule has 2 aromatic rings. The Morgan fingerprint density at radius 2 is 2.05 bits per heavy atom. The van der Waals surface area contributed by atoms with E-state index in [2.05, 4.69) is 33.6 Å². The van der Waals surface area contributed by atoms with Crippen LogP contribution in [0.15, 0.2) is 17.4 Å². The van der Waals surface area contributed by atoms with Crippen LogP contribution in [0.1, 0.15) is 18.7 Å². The first kappa shape index (κ1) is 16.7. The van der Waals surface area contributed by atoms with Crippen molar-refractivity contribution in [2.45, 2.75) is 25.3 Å². The van der Waals surface area contributed by atoms with Gasteiger partial charge in [-0.25, -0.2) is 9.97 Å². The number of carbonyl (C=O) groups excluding carboxylic acids is 2. The number of carbonyl (C=O) groups is 2. The predicted molar refractivity (Wildman–Crippen MR) is 89.2 cm³/mol. The fraction of sp³-hybridized carbons (Fsp3) is 0.429. The number of nitrogens with zero attached hydrogens (tertiary/aromatic N) is 2. The molecule has 0 bridgehead atoms. The number of aryl methyl sites for hydroxylation is 1. The number of thioether (sulfide) groups is 1. The van der Waals surface area contributed by atoms with Gasteiger partial charge in [0.1, 0.15) is 16.2 Å². The van der Waals surface area contributed by atoms with Crippen molar-refractivity contribution in [1.82, 2.24) is 20.6 Å². The van der Waals surface area contributed by atoms with E-state index in [1.54, 1.807) is 11.3 Å². The number of nitrogens with one attached hydrogen (secondary N) is 2. The van der Waals surface area contributed by atoms with Crippen molar-refractivity contribution in [3.05, 3.63) is 17.3 Å². The average Bonchev–Trinajstić information content (AvgIpc) is 2.95. The van der Waals surface area contributed by atoms with E-state index >= 15 is 0 Å². The van der Waals surface area contributed by atoms with Crippen LogP contribution >= 0.6 is 23.1 Å². The second-order valence-electron chi connectivity index (χ2n) is 4.48. The van der Waals surface area contributed by atoms with Crippen molar-refractivity contribution in [2.24, 2.45) is 0 Å². The van der Waals surface area contributed by atoms with E-state index < -0.39 is 0 Å². The van der Waals surface area contributed by atoms with E-state index in [-0.39, 0.29) is 24.1 Å². The molecule has 0 unspecified atom stereocenters. The van der Waals surface area contributed by atoms with Gasteiger partial charge in [-0.15, -0.1) is 11.3 Å². The normalized spacial score (nSPS) is 10.6. The van der Waals surface area contributed by atoms with Crippen molar-refractivity contribution < 1.29 is 9.59 Å². The van der Waals surface area contributed by atoms with Gasteiger partial charge < -0.3 is 10.6 Å². The molecule has 0 aliphatic rings. The minimum atomic E-state index is -0.186. The molecule has 2 aromatic heterocycles. The van der Waals surface area contributed by atoms with Crippen molar-refractivity contribution in [3.63, 3.8) is 0 Å². The fourth-order valence-corrected chi connectivity index (χ4v) is 3.60. The standard InChI is InChI=1S/C14H18N4O2S2/c1-3-9-5-10-13(17-8-18-14(10)22-9)21-7-12(20)16-6-11(19)15-4-2/h5,8H,3-4,6-7H2,1-2H3,(H,15,19)(H,16,20). The molecule has 2 N–H and O–H groups in total. The summed E-state index contributed by atoms with van der Waals surface area (Å²) in [6.07, 6.45) is 2.48. The van der Waals surface area contributed by atoms with Crippen LogP contribution in [0.3, 0.4) is 0 Å². The Morgan fingerprint density at radius 3 is 2.77 bits per heavy atom. The number of thiophene rings is 1. The first-order valence-electron chi connectivity index (χ1n) is 7.03. The number of aromatic nitrogens is 2. The number of hydrogen-bond donors (Lipinski definition) is 2. The summed E-state index contributed by atoms with van der Waals surface area (Å²) in [5, 5.41) is 7.01. The monoisotopic (exact) mass is 338 g/mol. The van der Waals surface area contributed by atoms with Gasteiger partial charge in [-0.3, -0.25) is 9.59 Å². The second kappa shape index (κ2) is 8.09. The molecule has 0 radical (unpaired) electrons. The summed E-state index contributed by atoms with van der Waals surface area (Å²) in [4.78, 5) is 33.7. The molecule has 0 saturated heterocycles. The fourth-order valence-electron chi connectivity index (χ4n) is 1.80. The minimum absolute atomic E-state index is 0.00481. The highest BCUT2D eigenvalue weighted by atomic mass is 32.2. The van der Waals surface area contributed by atoms with Gasteiger partial charge in [0.15, 0.2) is 0 Å². The zero-order valence-corrected chi connectivity index (χ0v) is 14.1. The Bertz CT molecular complexity index is 672. The molecule has 22 heavy (non-hydrogen) atoms. The Hall–Kier alpha value is -1.67. The van der Waals surface area contributed by atoms with Gasteiger partial charge in [0.2, 0.25) is 11.8 Å². The highest BCUT2D eigenvalue weighted by Gasteiger charge is 2.11. The molecule has 2 amide bonds. The Morgan fingerprint density at radius 1 is 1.23 bits per heavy atom. The summed E-state index contributed by atoms with van der Waals surface area (Å²) >= 11 is 3.01. The maximum atomic E-state index is 11.8. The Labute approximate surface area is 137 Å². The molecular weight excluding hydrogens is 320 g/mol. The van der Waals surface area contributed by atoms with Crippen molar-refractivity contribution in [1.29, 1.82) is 0 Å². The number of fused-ring (bicyclic) bond motifs is 1. The minimum Gasteiger partial charge on any atom is -0.355 e. The van der Waals surface area contributed by atoms with Gasteiger partial charge in [0, 0.05) is 16.8 Å². The molecule has 0 fully saturated rings. The third-order valence-electron chi connectivity index (χ3n) is 2.85. The van der Waals surface area contributed by atoms with Crippen LogP contribution in [0.25, 0.3) is 10.2 Å². The van der Waals surface area contributed by atoms with Crippen LogP contribution in [0, 0.1) is 0 Å². The molecule has 0 aliphatic heterocycles. The molecule has 2 heterocycles. The topological polar surface area (TPSA) is 84.0 Å². The first-order chi connectivity index (χ1) is 10.6. The zero-order valence-electron chi connectivity index (χ0n) is 12.5. The van der Waals surface area contributed by atoms with Crippen LogP contribution in [-0.4, -0.2) is 40.6 Å². The van der Waals surface area contributed by atoms with Crippen molar-refractivity contribution in [3.8, 4) is 0 Å². The Kier molecular flexibility index (Phi) is 6.14. The largest absolute Gasteiger partial charge is 0.355 e. The van der Waals surface area contributed by atoms with Gasteiger partial charge in [-0.1, -0.05) is 18.7 Å². The molecule has 8 heteroatoms. The second-order valence-corrected chi connectivity index (χ2v) is 6.56. The van der Waals surface area contributed by atoms with Crippen molar-refractivity contribution >= 4 is 45.1 Å². The number of likely N-dealkylation sites (N-methyl/N-ethyl adjacent to an activating group) is 1. The lowest BCUT2D eigenvalue weighted by molar-refractivity contribution is -0.124. The van der Waals surface area contributed by atoms with E-state index in [1.807, 2.05) is 6.92 Å². The predicted octanol–water partition coefficient (Wildman–Crippen LogP) is 1.60.